The molecule has 7 nitrogen and oxygen atoms in total. The van der Waals surface area contributed by atoms with Crippen LogP contribution in [0, 0.1) is 0 Å². The van der Waals surface area contributed by atoms with Gasteiger partial charge in [-0.15, -0.1) is 0 Å². The third-order valence-electron chi connectivity index (χ3n) is 6.87. The molecule has 1 saturated heterocycles. The maximum Gasteiger partial charge on any atom is 0.307 e. The summed E-state index contributed by atoms with van der Waals surface area (Å²) < 4.78 is 34.4. The van der Waals surface area contributed by atoms with Gasteiger partial charge in [0.25, 0.3) is 0 Å². The van der Waals surface area contributed by atoms with Gasteiger partial charge in [0.15, 0.2) is 0 Å². The van der Waals surface area contributed by atoms with Gasteiger partial charge in [-0.25, -0.2) is 8.42 Å². The molecule has 1 aliphatic heterocycles. The molecule has 0 aliphatic carbocycles. The fourth-order valence-corrected chi connectivity index (χ4v) is 6.35. The van der Waals surface area contributed by atoms with Crippen molar-refractivity contribution in [3.05, 3.63) is 107 Å². The average Bonchev–Trinajstić information content (AvgIpc) is 2.93. The molecular formula is C30H29ClN2O5S. The van der Waals surface area contributed by atoms with Crippen molar-refractivity contribution >= 4 is 38.4 Å². The molecule has 0 spiro atoms. The Balaban J connectivity index is 1.28. The summed E-state index contributed by atoms with van der Waals surface area (Å²) in [5.74, 6) is -0.228. The molecule has 5 rings (SSSR count). The van der Waals surface area contributed by atoms with Crippen molar-refractivity contribution < 1.29 is 23.1 Å². The average molecular weight is 565 g/mol. The van der Waals surface area contributed by atoms with Gasteiger partial charge in [-0.2, -0.15) is 4.31 Å². The zero-order valence-electron chi connectivity index (χ0n) is 21.3. The summed E-state index contributed by atoms with van der Waals surface area (Å²) in [4.78, 5) is 13.8. The summed E-state index contributed by atoms with van der Waals surface area (Å²) in [5.41, 5.74) is 2.52. The normalized spacial score (nSPS) is 14.9. The molecule has 202 valence electrons. The van der Waals surface area contributed by atoms with Crippen LogP contribution in [0.3, 0.4) is 0 Å². The van der Waals surface area contributed by atoms with Crippen LogP contribution in [0.25, 0.3) is 10.8 Å². The molecule has 0 radical (unpaired) electrons. The van der Waals surface area contributed by atoms with Crippen molar-refractivity contribution in [2.75, 3.05) is 26.2 Å². The third kappa shape index (κ3) is 6.59. The van der Waals surface area contributed by atoms with E-state index in [0.29, 0.717) is 60.6 Å². The molecule has 0 unspecified atom stereocenters. The number of carboxylic acids is 1. The predicted molar refractivity (Wildman–Crippen MR) is 152 cm³/mol. The van der Waals surface area contributed by atoms with Crippen LogP contribution in [0.1, 0.15) is 16.7 Å². The number of aliphatic carboxylic acids is 1. The highest BCUT2D eigenvalue weighted by Gasteiger charge is 2.29. The van der Waals surface area contributed by atoms with Crippen LogP contribution in [0.15, 0.2) is 89.8 Å². The zero-order chi connectivity index (χ0) is 27.4. The summed E-state index contributed by atoms with van der Waals surface area (Å²) in [5, 5.41) is 11.8. The third-order valence-corrected chi connectivity index (χ3v) is 9.02. The number of fused-ring (bicyclic) bond motifs is 1. The van der Waals surface area contributed by atoms with Gasteiger partial charge < -0.3 is 9.84 Å². The Kier molecular flexibility index (Phi) is 8.18. The van der Waals surface area contributed by atoms with E-state index in [1.54, 1.807) is 18.2 Å². The van der Waals surface area contributed by atoms with Crippen LogP contribution < -0.4 is 4.74 Å². The highest BCUT2D eigenvalue weighted by Crippen LogP contribution is 2.26. The molecule has 1 N–H and O–H groups in total. The number of halogens is 1. The molecule has 0 amide bonds. The Bertz CT molecular complexity index is 1580. The molecule has 4 aromatic carbocycles. The molecule has 1 fully saturated rings. The van der Waals surface area contributed by atoms with Crippen molar-refractivity contribution in [3.63, 3.8) is 0 Å². The Labute approximate surface area is 233 Å². The number of carbonyl (C=O) groups is 1. The van der Waals surface area contributed by atoms with Crippen molar-refractivity contribution in [2.45, 2.75) is 24.5 Å². The number of hydrogen-bond acceptors (Lipinski definition) is 5. The zero-order valence-corrected chi connectivity index (χ0v) is 22.9. The Hall–Kier alpha value is -3.43. The fourth-order valence-electron chi connectivity index (χ4n) is 4.77. The van der Waals surface area contributed by atoms with Crippen LogP contribution in [-0.4, -0.2) is 54.9 Å². The number of ether oxygens (including phenoxy) is 1. The van der Waals surface area contributed by atoms with Crippen LogP contribution in [0.5, 0.6) is 5.75 Å². The standard InChI is InChI=1S/C30H29ClN2O5S/c31-27-9-5-22(6-10-27)21-38-29-12-7-23(18-30(34)35)17-26(29)20-32-13-15-33(16-14-32)39(36,37)28-11-8-24-3-1-2-4-25(24)19-28/h1-12,17,19H,13-16,18,20-21H2,(H,34,35). The Morgan fingerprint density at radius 1 is 0.846 bits per heavy atom. The number of carboxylic acid groups (broad SMARTS) is 1. The summed E-state index contributed by atoms with van der Waals surface area (Å²) in [6.07, 6.45) is -0.0811. The smallest absolute Gasteiger partial charge is 0.307 e. The number of sulfonamides is 1. The maximum absolute atomic E-state index is 13.4. The fraction of sp³-hybridized carbons (Fsp3) is 0.233. The van der Waals surface area contributed by atoms with Gasteiger partial charge in [0.1, 0.15) is 12.4 Å². The van der Waals surface area contributed by atoms with Gasteiger partial charge in [0.2, 0.25) is 10.0 Å². The number of piperazine rings is 1. The second-order valence-electron chi connectivity index (χ2n) is 9.62. The molecule has 39 heavy (non-hydrogen) atoms. The van der Waals surface area contributed by atoms with E-state index >= 15 is 0 Å². The lowest BCUT2D eigenvalue weighted by Gasteiger charge is -2.34. The first kappa shape index (κ1) is 27.1. The van der Waals surface area contributed by atoms with Gasteiger partial charge in [-0.05, 0) is 52.2 Å². The lowest BCUT2D eigenvalue weighted by molar-refractivity contribution is -0.136. The minimum Gasteiger partial charge on any atom is -0.489 e. The van der Waals surface area contributed by atoms with Crippen LogP contribution in [0.2, 0.25) is 5.02 Å². The molecule has 0 saturated carbocycles. The lowest BCUT2D eigenvalue weighted by atomic mass is 10.1. The van der Waals surface area contributed by atoms with Crippen molar-refractivity contribution in [1.29, 1.82) is 0 Å². The number of benzene rings is 4. The largest absolute Gasteiger partial charge is 0.489 e. The minimum absolute atomic E-state index is 0.0811. The summed E-state index contributed by atoms with van der Waals surface area (Å²) >= 11 is 5.98. The van der Waals surface area contributed by atoms with E-state index in [0.717, 1.165) is 21.9 Å². The van der Waals surface area contributed by atoms with E-state index < -0.39 is 16.0 Å². The molecule has 9 heteroatoms. The van der Waals surface area contributed by atoms with Gasteiger partial charge in [0.05, 0.1) is 11.3 Å². The van der Waals surface area contributed by atoms with Gasteiger partial charge in [-0.3, -0.25) is 9.69 Å². The molecule has 0 aromatic heterocycles. The summed E-state index contributed by atoms with van der Waals surface area (Å²) in [7, 11) is -3.61. The molecule has 0 bridgehead atoms. The predicted octanol–water partition coefficient (Wildman–Crippen LogP) is 5.21. The number of nitrogens with zero attached hydrogens (tertiary/aromatic N) is 2. The molecule has 1 aliphatic rings. The first-order valence-electron chi connectivity index (χ1n) is 12.7. The van der Waals surface area contributed by atoms with E-state index in [2.05, 4.69) is 4.90 Å². The Morgan fingerprint density at radius 2 is 1.54 bits per heavy atom. The first-order valence-corrected chi connectivity index (χ1v) is 14.5. The number of hydrogen-bond donors (Lipinski definition) is 1. The van der Waals surface area contributed by atoms with E-state index in [-0.39, 0.29) is 6.42 Å². The summed E-state index contributed by atoms with van der Waals surface area (Å²) in [6.45, 7) is 2.70. The van der Waals surface area contributed by atoms with E-state index in [1.807, 2.05) is 66.7 Å². The molecule has 0 atom stereocenters. The van der Waals surface area contributed by atoms with Crippen molar-refractivity contribution in [3.8, 4) is 5.75 Å². The van der Waals surface area contributed by atoms with E-state index in [1.165, 1.54) is 4.31 Å². The number of rotatable bonds is 9. The SMILES string of the molecule is O=C(O)Cc1ccc(OCc2ccc(Cl)cc2)c(CN2CCN(S(=O)(=O)c3ccc4ccccc4c3)CC2)c1. The second kappa shape index (κ2) is 11.8. The first-order chi connectivity index (χ1) is 18.8. The minimum atomic E-state index is -3.61. The highest BCUT2D eigenvalue weighted by molar-refractivity contribution is 7.89. The maximum atomic E-state index is 13.4. The van der Waals surface area contributed by atoms with E-state index in [4.69, 9.17) is 16.3 Å². The topological polar surface area (TPSA) is 87.2 Å². The second-order valence-corrected chi connectivity index (χ2v) is 12.0. The van der Waals surface area contributed by atoms with Crippen LogP contribution >= 0.6 is 11.6 Å². The molecule has 4 aromatic rings. The quantitative estimate of drug-likeness (QED) is 0.300. The lowest BCUT2D eigenvalue weighted by Crippen LogP contribution is -2.48. The Morgan fingerprint density at radius 3 is 2.26 bits per heavy atom. The van der Waals surface area contributed by atoms with E-state index in [9.17, 15) is 18.3 Å². The molecular weight excluding hydrogens is 536 g/mol. The van der Waals surface area contributed by atoms with Gasteiger partial charge in [0, 0.05) is 43.3 Å². The van der Waals surface area contributed by atoms with Gasteiger partial charge in [-0.1, -0.05) is 66.2 Å². The highest BCUT2D eigenvalue weighted by atomic mass is 35.5. The summed E-state index contributed by atoms with van der Waals surface area (Å²) in [6, 6.07) is 25.8. The molecule has 1 heterocycles. The van der Waals surface area contributed by atoms with Crippen LogP contribution in [0.4, 0.5) is 0 Å². The monoisotopic (exact) mass is 564 g/mol. The van der Waals surface area contributed by atoms with Crippen molar-refractivity contribution in [2.24, 2.45) is 0 Å². The van der Waals surface area contributed by atoms with Crippen LogP contribution in [-0.2, 0) is 34.4 Å². The van der Waals surface area contributed by atoms with Crippen molar-refractivity contribution in [1.82, 2.24) is 9.21 Å². The van der Waals surface area contributed by atoms with Gasteiger partial charge >= 0.3 is 5.97 Å².